The third kappa shape index (κ3) is 3.84. The summed E-state index contributed by atoms with van der Waals surface area (Å²) in [7, 11) is 0. The van der Waals surface area contributed by atoms with E-state index in [1.54, 1.807) is 37.3 Å². The molecule has 0 fully saturated rings. The summed E-state index contributed by atoms with van der Waals surface area (Å²) in [6.45, 7) is 3.57. The monoisotopic (exact) mass is 389 g/mol. The minimum Gasteiger partial charge on any atom is -0.327 e. The van der Waals surface area contributed by atoms with Crippen molar-refractivity contribution in [1.29, 1.82) is 0 Å². The summed E-state index contributed by atoms with van der Waals surface area (Å²) in [5.41, 5.74) is 3.10. The zero-order valence-electron chi connectivity index (χ0n) is 14.2. The summed E-state index contributed by atoms with van der Waals surface area (Å²) in [4.78, 5) is 24.8. The second kappa shape index (κ2) is 7.40. The normalized spacial score (nSPS) is 16.8. The maximum Gasteiger partial charge on any atom is 0.319 e. The standard InChI is InChI=1S/C19H17Cl2N3O2/c1-10-6-7-14(9-15(10)21)23-18(25)16-11(2)22-19(26)24-17(16)12-4-3-5-13(20)8-12/h3-9,17H,1-2H3,(H,23,25)(H2,22,24,26)/t17-/m0/s1. The summed E-state index contributed by atoms with van der Waals surface area (Å²) < 4.78 is 0. The third-order valence-corrected chi connectivity index (χ3v) is 4.77. The number of carbonyl (C=O) groups excluding carboxylic acids is 2. The molecular formula is C19H17Cl2N3O2. The molecule has 3 N–H and O–H groups in total. The van der Waals surface area contributed by atoms with Gasteiger partial charge in [0, 0.05) is 21.4 Å². The Kier molecular flexibility index (Phi) is 5.20. The number of amides is 3. The maximum atomic E-state index is 12.9. The fourth-order valence-electron chi connectivity index (χ4n) is 2.80. The first-order chi connectivity index (χ1) is 12.3. The van der Waals surface area contributed by atoms with Crippen LogP contribution in [0.3, 0.4) is 0 Å². The van der Waals surface area contributed by atoms with E-state index in [0.29, 0.717) is 27.0 Å². The highest BCUT2D eigenvalue weighted by atomic mass is 35.5. The predicted molar refractivity (Wildman–Crippen MR) is 103 cm³/mol. The highest BCUT2D eigenvalue weighted by Crippen LogP contribution is 2.29. The van der Waals surface area contributed by atoms with Crippen LogP contribution in [0.5, 0.6) is 0 Å². The van der Waals surface area contributed by atoms with E-state index in [1.807, 2.05) is 19.1 Å². The molecule has 0 spiro atoms. The minimum atomic E-state index is -0.608. The molecule has 0 saturated heterocycles. The Bertz CT molecular complexity index is 925. The van der Waals surface area contributed by atoms with Crippen LogP contribution in [0.2, 0.25) is 10.0 Å². The summed E-state index contributed by atoms with van der Waals surface area (Å²) in [5.74, 6) is -0.333. The van der Waals surface area contributed by atoms with Crippen LogP contribution in [0, 0.1) is 6.92 Å². The Labute approximate surface area is 161 Å². The second-order valence-corrected chi connectivity index (χ2v) is 6.89. The van der Waals surface area contributed by atoms with Crippen molar-refractivity contribution in [2.24, 2.45) is 0 Å². The van der Waals surface area contributed by atoms with E-state index < -0.39 is 6.04 Å². The van der Waals surface area contributed by atoms with Gasteiger partial charge in [0.15, 0.2) is 0 Å². The van der Waals surface area contributed by atoms with Crippen molar-refractivity contribution >= 4 is 40.8 Å². The molecule has 0 radical (unpaired) electrons. The largest absolute Gasteiger partial charge is 0.327 e. The molecule has 0 bridgehead atoms. The lowest BCUT2D eigenvalue weighted by Gasteiger charge is -2.28. The number of anilines is 1. The molecule has 134 valence electrons. The van der Waals surface area contributed by atoms with E-state index in [1.165, 1.54) is 0 Å². The molecule has 5 nitrogen and oxygen atoms in total. The van der Waals surface area contributed by atoms with Gasteiger partial charge in [0.2, 0.25) is 0 Å². The van der Waals surface area contributed by atoms with Gasteiger partial charge in [0.05, 0.1) is 11.6 Å². The lowest BCUT2D eigenvalue weighted by atomic mass is 9.95. The van der Waals surface area contributed by atoms with Gasteiger partial charge in [0.25, 0.3) is 5.91 Å². The van der Waals surface area contributed by atoms with Crippen molar-refractivity contribution in [2.45, 2.75) is 19.9 Å². The van der Waals surface area contributed by atoms with Crippen LogP contribution in [0.1, 0.15) is 24.1 Å². The van der Waals surface area contributed by atoms with Crippen molar-refractivity contribution in [3.63, 3.8) is 0 Å². The molecular weight excluding hydrogens is 373 g/mol. The zero-order valence-corrected chi connectivity index (χ0v) is 15.7. The Morgan fingerprint density at radius 2 is 1.88 bits per heavy atom. The Balaban J connectivity index is 1.95. The van der Waals surface area contributed by atoms with Gasteiger partial charge in [-0.25, -0.2) is 4.79 Å². The van der Waals surface area contributed by atoms with Gasteiger partial charge in [-0.1, -0.05) is 41.4 Å². The predicted octanol–water partition coefficient (Wildman–Crippen LogP) is 4.57. The fourth-order valence-corrected chi connectivity index (χ4v) is 3.18. The van der Waals surface area contributed by atoms with E-state index in [9.17, 15) is 9.59 Å². The quantitative estimate of drug-likeness (QED) is 0.719. The van der Waals surface area contributed by atoms with Crippen molar-refractivity contribution in [1.82, 2.24) is 10.6 Å². The molecule has 2 aromatic carbocycles. The van der Waals surface area contributed by atoms with Crippen LogP contribution in [0.4, 0.5) is 10.5 Å². The van der Waals surface area contributed by atoms with Gasteiger partial charge in [0.1, 0.15) is 0 Å². The molecule has 1 aliphatic rings. The molecule has 3 amide bonds. The first-order valence-corrected chi connectivity index (χ1v) is 8.72. The number of allylic oxidation sites excluding steroid dienone is 1. The lowest BCUT2D eigenvalue weighted by molar-refractivity contribution is -0.113. The van der Waals surface area contributed by atoms with Gasteiger partial charge in [-0.2, -0.15) is 0 Å². The Morgan fingerprint density at radius 3 is 2.58 bits per heavy atom. The number of benzene rings is 2. The summed E-state index contributed by atoms with van der Waals surface area (Å²) in [5, 5.41) is 9.34. The van der Waals surface area contributed by atoms with Crippen LogP contribution in [0.15, 0.2) is 53.7 Å². The number of hydrogen-bond acceptors (Lipinski definition) is 2. The van der Waals surface area contributed by atoms with Crippen molar-refractivity contribution in [3.8, 4) is 0 Å². The highest BCUT2D eigenvalue weighted by Gasteiger charge is 2.31. The fraction of sp³-hybridized carbons (Fsp3) is 0.158. The molecule has 0 unspecified atom stereocenters. The van der Waals surface area contributed by atoms with Gasteiger partial charge in [-0.15, -0.1) is 0 Å². The smallest absolute Gasteiger partial charge is 0.319 e. The summed E-state index contributed by atoms with van der Waals surface area (Å²) in [6, 6.07) is 11.4. The van der Waals surface area contributed by atoms with Crippen LogP contribution >= 0.6 is 23.2 Å². The first kappa shape index (κ1) is 18.3. The Morgan fingerprint density at radius 1 is 1.12 bits per heavy atom. The molecule has 0 saturated carbocycles. The van der Waals surface area contributed by atoms with E-state index in [-0.39, 0.29) is 11.9 Å². The molecule has 0 aromatic heterocycles. The lowest BCUT2D eigenvalue weighted by Crippen LogP contribution is -2.45. The van der Waals surface area contributed by atoms with E-state index in [4.69, 9.17) is 23.2 Å². The van der Waals surface area contributed by atoms with Crippen molar-refractivity contribution < 1.29 is 9.59 Å². The van der Waals surface area contributed by atoms with Crippen LogP contribution in [-0.2, 0) is 4.79 Å². The highest BCUT2D eigenvalue weighted by molar-refractivity contribution is 6.31. The van der Waals surface area contributed by atoms with Gasteiger partial charge < -0.3 is 16.0 Å². The summed E-state index contributed by atoms with van der Waals surface area (Å²) >= 11 is 12.2. The van der Waals surface area contributed by atoms with Crippen LogP contribution < -0.4 is 16.0 Å². The van der Waals surface area contributed by atoms with Crippen LogP contribution in [-0.4, -0.2) is 11.9 Å². The molecule has 7 heteroatoms. The second-order valence-electron chi connectivity index (χ2n) is 6.04. The number of rotatable bonds is 3. The molecule has 2 aromatic rings. The third-order valence-electron chi connectivity index (χ3n) is 4.13. The van der Waals surface area contributed by atoms with Gasteiger partial charge in [-0.05, 0) is 49.2 Å². The topological polar surface area (TPSA) is 70.2 Å². The van der Waals surface area contributed by atoms with E-state index in [0.717, 1.165) is 11.1 Å². The van der Waals surface area contributed by atoms with E-state index in [2.05, 4.69) is 16.0 Å². The molecule has 1 atom stereocenters. The molecule has 1 aliphatic heterocycles. The number of halogens is 2. The number of carbonyl (C=O) groups is 2. The minimum absolute atomic E-state index is 0.333. The SMILES string of the molecule is CC1=C(C(=O)Nc2ccc(C)c(Cl)c2)[C@H](c2cccc(Cl)c2)NC(=O)N1. The van der Waals surface area contributed by atoms with Crippen LogP contribution in [0.25, 0.3) is 0 Å². The molecule has 0 aliphatic carbocycles. The maximum absolute atomic E-state index is 12.9. The van der Waals surface area contributed by atoms with Gasteiger partial charge in [-0.3, -0.25) is 4.79 Å². The average Bonchev–Trinajstić information content (AvgIpc) is 2.57. The number of hydrogen-bond donors (Lipinski definition) is 3. The van der Waals surface area contributed by atoms with E-state index >= 15 is 0 Å². The first-order valence-electron chi connectivity index (χ1n) is 7.96. The van der Waals surface area contributed by atoms with Crippen molar-refractivity contribution in [2.75, 3.05) is 5.32 Å². The molecule has 3 rings (SSSR count). The van der Waals surface area contributed by atoms with Crippen molar-refractivity contribution in [3.05, 3.63) is 74.9 Å². The number of aryl methyl sites for hydroxylation is 1. The van der Waals surface area contributed by atoms with Gasteiger partial charge >= 0.3 is 6.03 Å². The Hall–Kier alpha value is -2.50. The zero-order chi connectivity index (χ0) is 18.8. The number of urea groups is 1. The average molecular weight is 390 g/mol. The molecule has 26 heavy (non-hydrogen) atoms. The molecule has 1 heterocycles. The summed E-state index contributed by atoms with van der Waals surface area (Å²) in [6.07, 6.45) is 0. The number of nitrogens with one attached hydrogen (secondary N) is 3.